The molecule has 0 atom stereocenters. The number of ether oxygens (including phenoxy) is 1. The van der Waals surface area contributed by atoms with Gasteiger partial charge in [0.25, 0.3) is 0 Å². The maximum atomic E-state index is 10.8. The molecule has 0 saturated carbocycles. The third-order valence-corrected chi connectivity index (χ3v) is 3.55. The van der Waals surface area contributed by atoms with Crippen LogP contribution in [0.1, 0.15) is 70.6 Å². The fourth-order valence-electron chi connectivity index (χ4n) is 1.88. The van der Waals surface area contributed by atoms with Crippen molar-refractivity contribution in [3.63, 3.8) is 0 Å². The summed E-state index contributed by atoms with van der Waals surface area (Å²) in [5, 5.41) is 1.15. The average Bonchev–Trinajstić information content (AvgIpc) is 2.35. The summed E-state index contributed by atoms with van der Waals surface area (Å²) in [6.45, 7) is 0. The monoisotopic (exact) mass is 306 g/mol. The van der Waals surface area contributed by atoms with Gasteiger partial charge in [-0.25, -0.2) is 0 Å². The van der Waals surface area contributed by atoms with E-state index in [2.05, 4.69) is 20.7 Å². The van der Waals surface area contributed by atoms with E-state index in [1.54, 1.807) is 0 Å². The number of methoxy groups -OCH3 is 1. The first-order valence-electron chi connectivity index (χ1n) is 6.94. The van der Waals surface area contributed by atoms with Crippen LogP contribution in [-0.2, 0) is 9.53 Å². The van der Waals surface area contributed by atoms with Crippen LogP contribution >= 0.6 is 15.9 Å². The average molecular weight is 307 g/mol. The molecule has 0 aromatic heterocycles. The molecule has 17 heavy (non-hydrogen) atoms. The van der Waals surface area contributed by atoms with Crippen LogP contribution in [0.5, 0.6) is 0 Å². The Labute approximate surface area is 115 Å². The molecular weight excluding hydrogens is 280 g/mol. The van der Waals surface area contributed by atoms with Gasteiger partial charge in [-0.2, -0.15) is 0 Å². The Morgan fingerprint density at radius 3 is 1.65 bits per heavy atom. The van der Waals surface area contributed by atoms with Crippen molar-refractivity contribution in [2.75, 3.05) is 12.4 Å². The largest absolute Gasteiger partial charge is 0.469 e. The summed E-state index contributed by atoms with van der Waals surface area (Å²) in [5.41, 5.74) is 0. The molecule has 2 nitrogen and oxygen atoms in total. The second kappa shape index (κ2) is 14.0. The van der Waals surface area contributed by atoms with Crippen molar-refractivity contribution in [2.24, 2.45) is 0 Å². The molecule has 102 valence electrons. The quantitative estimate of drug-likeness (QED) is 0.293. The van der Waals surface area contributed by atoms with Gasteiger partial charge in [0.1, 0.15) is 0 Å². The van der Waals surface area contributed by atoms with Crippen molar-refractivity contribution < 1.29 is 9.53 Å². The van der Waals surface area contributed by atoms with Gasteiger partial charge in [0.15, 0.2) is 0 Å². The minimum atomic E-state index is -0.0724. The van der Waals surface area contributed by atoms with E-state index in [0.717, 1.165) is 11.8 Å². The second-order valence-electron chi connectivity index (χ2n) is 4.55. The van der Waals surface area contributed by atoms with E-state index in [-0.39, 0.29) is 5.97 Å². The van der Waals surface area contributed by atoms with E-state index in [0.29, 0.717) is 6.42 Å². The van der Waals surface area contributed by atoms with E-state index in [1.165, 1.54) is 64.9 Å². The Hall–Kier alpha value is -0.0500. The number of hydrogen-bond acceptors (Lipinski definition) is 2. The molecule has 0 N–H and O–H groups in total. The normalized spacial score (nSPS) is 10.5. The molecule has 0 aliphatic carbocycles. The van der Waals surface area contributed by atoms with Gasteiger partial charge in [-0.05, 0) is 12.8 Å². The third kappa shape index (κ3) is 13.9. The van der Waals surface area contributed by atoms with Crippen molar-refractivity contribution in [1.29, 1.82) is 0 Å². The molecule has 0 bridgehead atoms. The van der Waals surface area contributed by atoms with Crippen molar-refractivity contribution >= 4 is 21.9 Å². The molecule has 0 unspecified atom stereocenters. The first-order chi connectivity index (χ1) is 8.31. The first-order valence-corrected chi connectivity index (χ1v) is 8.06. The SMILES string of the molecule is COC(=O)CCCCCCCCCCCCBr. The molecular formula is C14H27BrO2. The van der Waals surface area contributed by atoms with E-state index in [4.69, 9.17) is 0 Å². The van der Waals surface area contributed by atoms with E-state index in [9.17, 15) is 4.79 Å². The molecule has 0 spiro atoms. The molecule has 0 aromatic carbocycles. The van der Waals surface area contributed by atoms with Crippen LogP contribution in [0.15, 0.2) is 0 Å². The maximum absolute atomic E-state index is 10.8. The lowest BCUT2D eigenvalue weighted by Gasteiger charge is -2.02. The number of halogens is 1. The van der Waals surface area contributed by atoms with Crippen molar-refractivity contribution in [1.82, 2.24) is 0 Å². The molecule has 0 saturated heterocycles. The summed E-state index contributed by atoms with van der Waals surface area (Å²) < 4.78 is 4.60. The zero-order valence-electron chi connectivity index (χ0n) is 11.2. The Morgan fingerprint density at radius 2 is 1.24 bits per heavy atom. The number of rotatable bonds is 12. The predicted octanol–water partition coefficient (Wildman–Crippen LogP) is 4.85. The highest BCUT2D eigenvalue weighted by molar-refractivity contribution is 9.09. The third-order valence-electron chi connectivity index (χ3n) is 2.99. The Morgan fingerprint density at radius 1 is 0.824 bits per heavy atom. The van der Waals surface area contributed by atoms with Crippen LogP contribution in [0, 0.1) is 0 Å². The van der Waals surface area contributed by atoms with Crippen molar-refractivity contribution in [3.05, 3.63) is 0 Å². The van der Waals surface area contributed by atoms with Gasteiger partial charge in [0.05, 0.1) is 7.11 Å². The van der Waals surface area contributed by atoms with Gasteiger partial charge >= 0.3 is 5.97 Å². The van der Waals surface area contributed by atoms with Gasteiger partial charge < -0.3 is 4.74 Å². The van der Waals surface area contributed by atoms with Crippen LogP contribution < -0.4 is 0 Å². The van der Waals surface area contributed by atoms with Crippen LogP contribution in [-0.4, -0.2) is 18.4 Å². The van der Waals surface area contributed by atoms with Gasteiger partial charge in [-0.1, -0.05) is 67.3 Å². The standard InChI is InChI=1S/C14H27BrO2/c1-17-14(16)12-10-8-6-4-2-3-5-7-9-11-13-15/h2-13H2,1H3. The number of unbranched alkanes of at least 4 members (excludes halogenated alkanes) is 9. The smallest absolute Gasteiger partial charge is 0.305 e. The maximum Gasteiger partial charge on any atom is 0.305 e. The number of carbonyl (C=O) groups is 1. The van der Waals surface area contributed by atoms with E-state index >= 15 is 0 Å². The van der Waals surface area contributed by atoms with Crippen LogP contribution in [0.25, 0.3) is 0 Å². The molecule has 0 aliphatic heterocycles. The summed E-state index contributed by atoms with van der Waals surface area (Å²) >= 11 is 3.45. The Bertz CT molecular complexity index is 172. The Kier molecular flexibility index (Phi) is 14.0. The van der Waals surface area contributed by atoms with Crippen molar-refractivity contribution in [2.45, 2.75) is 70.6 Å². The predicted molar refractivity (Wildman–Crippen MR) is 76.6 cm³/mol. The van der Waals surface area contributed by atoms with Crippen LogP contribution in [0.4, 0.5) is 0 Å². The van der Waals surface area contributed by atoms with Gasteiger partial charge in [0.2, 0.25) is 0 Å². The van der Waals surface area contributed by atoms with E-state index in [1.807, 2.05) is 0 Å². The molecule has 0 radical (unpaired) electrons. The fraction of sp³-hybridized carbons (Fsp3) is 0.929. The van der Waals surface area contributed by atoms with Crippen LogP contribution in [0.3, 0.4) is 0 Å². The summed E-state index contributed by atoms with van der Waals surface area (Å²) in [4.78, 5) is 10.8. The Balaban J connectivity index is 2.96. The molecule has 0 rings (SSSR count). The second-order valence-corrected chi connectivity index (χ2v) is 5.34. The lowest BCUT2D eigenvalue weighted by Crippen LogP contribution is -1.99. The summed E-state index contributed by atoms with van der Waals surface area (Å²) in [5.74, 6) is -0.0724. The van der Waals surface area contributed by atoms with Gasteiger partial charge in [-0.3, -0.25) is 4.79 Å². The summed E-state index contributed by atoms with van der Waals surface area (Å²) in [6.07, 6.45) is 13.5. The summed E-state index contributed by atoms with van der Waals surface area (Å²) in [7, 11) is 1.46. The molecule has 0 aromatic rings. The minimum Gasteiger partial charge on any atom is -0.469 e. The fourth-order valence-corrected chi connectivity index (χ4v) is 2.28. The molecule has 0 fully saturated rings. The number of hydrogen-bond donors (Lipinski definition) is 0. The molecule has 0 amide bonds. The summed E-state index contributed by atoms with van der Waals surface area (Å²) in [6, 6.07) is 0. The highest BCUT2D eigenvalue weighted by Gasteiger charge is 1.98. The molecule has 3 heteroatoms. The van der Waals surface area contributed by atoms with Crippen molar-refractivity contribution in [3.8, 4) is 0 Å². The van der Waals surface area contributed by atoms with Gasteiger partial charge in [0, 0.05) is 11.8 Å². The number of alkyl halides is 1. The molecule has 0 heterocycles. The zero-order valence-corrected chi connectivity index (χ0v) is 12.8. The van der Waals surface area contributed by atoms with E-state index < -0.39 is 0 Å². The lowest BCUT2D eigenvalue weighted by molar-refractivity contribution is -0.140. The highest BCUT2D eigenvalue weighted by atomic mass is 79.9. The first kappa shape index (κ1) is 16.9. The van der Waals surface area contributed by atoms with Crippen LogP contribution in [0.2, 0.25) is 0 Å². The topological polar surface area (TPSA) is 26.3 Å². The molecule has 0 aliphatic rings. The number of esters is 1. The lowest BCUT2D eigenvalue weighted by atomic mass is 10.1. The minimum absolute atomic E-state index is 0.0724. The number of carbonyl (C=O) groups excluding carboxylic acids is 1. The van der Waals surface area contributed by atoms with Gasteiger partial charge in [-0.15, -0.1) is 0 Å². The zero-order chi connectivity index (χ0) is 12.8. The highest BCUT2D eigenvalue weighted by Crippen LogP contribution is 2.11.